The number of likely N-dealkylation sites (tertiary alicyclic amines) is 1. The molecule has 0 radical (unpaired) electrons. The first-order chi connectivity index (χ1) is 10.4. The van der Waals surface area contributed by atoms with E-state index in [0.29, 0.717) is 12.5 Å². The lowest BCUT2D eigenvalue weighted by molar-refractivity contribution is -0.385. The first-order valence-corrected chi connectivity index (χ1v) is 7.49. The van der Waals surface area contributed by atoms with Gasteiger partial charge in [0, 0.05) is 13.1 Å². The van der Waals surface area contributed by atoms with Crippen LogP contribution in [-0.4, -0.2) is 52.2 Å². The Bertz CT molecular complexity index is 558. The van der Waals surface area contributed by atoms with Crippen molar-refractivity contribution >= 4 is 24.0 Å². The summed E-state index contributed by atoms with van der Waals surface area (Å²) in [4.78, 5) is 24.9. The van der Waals surface area contributed by atoms with Gasteiger partial charge in [-0.25, -0.2) is 0 Å². The molecule has 2 rings (SSSR count). The summed E-state index contributed by atoms with van der Waals surface area (Å²) in [6.45, 7) is 5.82. The second-order valence-electron chi connectivity index (χ2n) is 6.28. The van der Waals surface area contributed by atoms with Crippen LogP contribution in [0.25, 0.3) is 0 Å². The van der Waals surface area contributed by atoms with E-state index < -0.39 is 10.5 Å². The summed E-state index contributed by atoms with van der Waals surface area (Å²) in [6.07, 6.45) is 4.58. The summed E-state index contributed by atoms with van der Waals surface area (Å²) in [6, 6.07) is 0. The van der Waals surface area contributed by atoms with E-state index in [1.807, 2.05) is 11.9 Å². The maximum absolute atomic E-state index is 12.8. The zero-order chi connectivity index (χ0) is 16.3. The molecule has 1 atom stereocenters. The lowest BCUT2D eigenvalue weighted by atomic mass is 9.95. The van der Waals surface area contributed by atoms with E-state index in [0.717, 1.165) is 25.9 Å². The van der Waals surface area contributed by atoms with Crippen molar-refractivity contribution in [1.29, 1.82) is 0 Å². The number of aromatic nitrogens is 2. The SMILES string of the molecule is CNCC1CCCN(C(=O)C(C)(C)n2cc([N+](=O)[O-])cn2)C1.Cl. The van der Waals surface area contributed by atoms with Gasteiger partial charge in [0.25, 0.3) is 0 Å². The van der Waals surface area contributed by atoms with Crippen LogP contribution in [0.3, 0.4) is 0 Å². The largest absolute Gasteiger partial charge is 0.340 e. The van der Waals surface area contributed by atoms with Crippen molar-refractivity contribution in [3.05, 3.63) is 22.5 Å². The van der Waals surface area contributed by atoms with Crippen LogP contribution in [0, 0.1) is 16.0 Å². The van der Waals surface area contributed by atoms with Gasteiger partial charge in [-0.3, -0.25) is 19.6 Å². The molecular weight excluding hydrogens is 322 g/mol. The fourth-order valence-corrected chi connectivity index (χ4v) is 2.90. The highest BCUT2D eigenvalue weighted by atomic mass is 35.5. The van der Waals surface area contributed by atoms with Crippen molar-refractivity contribution in [2.75, 3.05) is 26.7 Å². The van der Waals surface area contributed by atoms with E-state index in [4.69, 9.17) is 0 Å². The van der Waals surface area contributed by atoms with Crippen LogP contribution < -0.4 is 5.32 Å². The molecule has 130 valence electrons. The topological polar surface area (TPSA) is 93.3 Å². The highest BCUT2D eigenvalue weighted by molar-refractivity contribution is 5.85. The van der Waals surface area contributed by atoms with Gasteiger partial charge in [0.05, 0.1) is 4.92 Å². The summed E-state index contributed by atoms with van der Waals surface area (Å²) in [5.41, 5.74) is -1.04. The zero-order valence-electron chi connectivity index (χ0n) is 13.7. The maximum atomic E-state index is 12.8. The number of halogens is 1. The van der Waals surface area contributed by atoms with Crippen molar-refractivity contribution in [2.45, 2.75) is 32.2 Å². The molecule has 1 aromatic heterocycles. The lowest BCUT2D eigenvalue weighted by Gasteiger charge is -2.37. The fraction of sp³-hybridized carbons (Fsp3) is 0.714. The molecule has 0 aliphatic carbocycles. The Morgan fingerprint density at radius 3 is 2.83 bits per heavy atom. The Balaban J connectivity index is 0.00000264. The molecule has 1 aliphatic rings. The molecule has 1 aromatic rings. The number of piperidine rings is 1. The molecule has 9 heteroatoms. The monoisotopic (exact) mass is 345 g/mol. The Morgan fingerprint density at radius 2 is 2.26 bits per heavy atom. The first-order valence-electron chi connectivity index (χ1n) is 7.49. The quantitative estimate of drug-likeness (QED) is 0.643. The van der Waals surface area contributed by atoms with Crippen molar-refractivity contribution in [2.24, 2.45) is 5.92 Å². The van der Waals surface area contributed by atoms with E-state index in [1.54, 1.807) is 13.8 Å². The minimum Gasteiger partial charge on any atom is -0.340 e. The van der Waals surface area contributed by atoms with Gasteiger partial charge in [-0.1, -0.05) is 0 Å². The van der Waals surface area contributed by atoms with Crippen molar-refractivity contribution in [3.63, 3.8) is 0 Å². The van der Waals surface area contributed by atoms with Gasteiger partial charge in [0.15, 0.2) is 0 Å². The average molecular weight is 346 g/mol. The smallest absolute Gasteiger partial charge is 0.307 e. The molecule has 0 aromatic carbocycles. The highest BCUT2D eigenvalue weighted by Crippen LogP contribution is 2.24. The first kappa shape index (κ1) is 19.4. The Labute approximate surface area is 141 Å². The molecule has 1 saturated heterocycles. The van der Waals surface area contributed by atoms with E-state index >= 15 is 0 Å². The average Bonchev–Trinajstić information content (AvgIpc) is 2.98. The third kappa shape index (κ3) is 4.20. The predicted octanol–water partition coefficient (Wildman–Crippen LogP) is 1.41. The van der Waals surface area contributed by atoms with E-state index in [2.05, 4.69) is 10.4 Å². The van der Waals surface area contributed by atoms with Gasteiger partial charge >= 0.3 is 5.69 Å². The summed E-state index contributed by atoms with van der Waals surface area (Å²) in [7, 11) is 1.91. The Kier molecular flexibility index (Phi) is 6.52. The summed E-state index contributed by atoms with van der Waals surface area (Å²) >= 11 is 0. The normalized spacial score (nSPS) is 18.4. The molecule has 1 aliphatic heterocycles. The molecular formula is C14H24ClN5O3. The Morgan fingerprint density at radius 1 is 1.57 bits per heavy atom. The molecule has 1 unspecified atom stereocenters. The molecule has 2 heterocycles. The van der Waals surface area contributed by atoms with E-state index in [1.165, 1.54) is 17.1 Å². The van der Waals surface area contributed by atoms with Crippen LogP contribution in [0.5, 0.6) is 0 Å². The minimum atomic E-state index is -0.935. The van der Waals surface area contributed by atoms with Gasteiger partial charge in [0.2, 0.25) is 5.91 Å². The van der Waals surface area contributed by atoms with Gasteiger partial charge in [-0.15, -0.1) is 12.4 Å². The van der Waals surface area contributed by atoms with Gasteiger partial charge in [-0.2, -0.15) is 5.10 Å². The second-order valence-corrected chi connectivity index (χ2v) is 6.28. The Hall–Kier alpha value is -1.67. The standard InChI is InChI=1S/C14H23N5O3.ClH/c1-14(2,18-10-12(8-16-18)19(21)22)13(20)17-6-4-5-11(9-17)7-15-3;/h8,10-11,15H,4-7,9H2,1-3H3;1H. The number of amides is 1. The number of hydrogen-bond donors (Lipinski definition) is 1. The third-order valence-electron chi connectivity index (χ3n) is 4.17. The van der Waals surface area contributed by atoms with Crippen molar-refractivity contribution < 1.29 is 9.72 Å². The van der Waals surface area contributed by atoms with Crippen LogP contribution in [-0.2, 0) is 10.3 Å². The third-order valence-corrected chi connectivity index (χ3v) is 4.17. The van der Waals surface area contributed by atoms with Crippen LogP contribution in [0.1, 0.15) is 26.7 Å². The fourth-order valence-electron chi connectivity index (χ4n) is 2.90. The number of nitrogens with zero attached hydrogens (tertiary/aromatic N) is 4. The molecule has 0 saturated carbocycles. The van der Waals surface area contributed by atoms with Crippen LogP contribution in [0.15, 0.2) is 12.4 Å². The molecule has 1 amide bonds. The van der Waals surface area contributed by atoms with Gasteiger partial charge in [0.1, 0.15) is 17.9 Å². The highest BCUT2D eigenvalue weighted by Gasteiger charge is 2.37. The summed E-state index contributed by atoms with van der Waals surface area (Å²) in [5.74, 6) is 0.400. The number of nitrogens with one attached hydrogen (secondary N) is 1. The van der Waals surface area contributed by atoms with Gasteiger partial charge < -0.3 is 10.2 Å². The van der Waals surface area contributed by atoms with Gasteiger partial charge in [-0.05, 0) is 46.2 Å². The number of hydrogen-bond acceptors (Lipinski definition) is 5. The maximum Gasteiger partial charge on any atom is 0.307 e. The number of carbonyl (C=O) groups is 1. The molecule has 0 spiro atoms. The van der Waals surface area contributed by atoms with E-state index in [-0.39, 0.29) is 24.0 Å². The predicted molar refractivity (Wildman–Crippen MR) is 88.7 cm³/mol. The second kappa shape index (κ2) is 7.74. The lowest BCUT2D eigenvalue weighted by Crippen LogP contribution is -2.51. The van der Waals surface area contributed by atoms with E-state index in [9.17, 15) is 14.9 Å². The van der Waals surface area contributed by atoms with Crippen LogP contribution in [0.4, 0.5) is 5.69 Å². The molecule has 1 N–H and O–H groups in total. The van der Waals surface area contributed by atoms with Crippen molar-refractivity contribution in [3.8, 4) is 0 Å². The molecule has 23 heavy (non-hydrogen) atoms. The molecule has 8 nitrogen and oxygen atoms in total. The number of nitro groups is 1. The molecule has 1 fully saturated rings. The number of rotatable bonds is 5. The number of carbonyl (C=O) groups excluding carboxylic acids is 1. The summed E-state index contributed by atoms with van der Waals surface area (Å²) in [5, 5.41) is 17.9. The van der Waals surface area contributed by atoms with Crippen LogP contribution >= 0.6 is 12.4 Å². The minimum absolute atomic E-state index is 0. The van der Waals surface area contributed by atoms with Crippen LogP contribution in [0.2, 0.25) is 0 Å². The summed E-state index contributed by atoms with van der Waals surface area (Å²) < 4.78 is 1.38. The molecule has 0 bridgehead atoms. The van der Waals surface area contributed by atoms with Crippen molar-refractivity contribution in [1.82, 2.24) is 20.0 Å². The zero-order valence-corrected chi connectivity index (χ0v) is 14.5.